The molecule has 1 atom stereocenters. The first-order chi connectivity index (χ1) is 14.2. The van der Waals surface area contributed by atoms with Crippen molar-refractivity contribution < 1.29 is 9.47 Å². The number of nitrogens with zero attached hydrogens (tertiary/aromatic N) is 3. The lowest BCUT2D eigenvalue weighted by Gasteiger charge is -2.28. The summed E-state index contributed by atoms with van der Waals surface area (Å²) in [5.41, 5.74) is 1.77. The summed E-state index contributed by atoms with van der Waals surface area (Å²) in [6.45, 7) is 8.03. The zero-order valence-electron chi connectivity index (χ0n) is 16.7. The molecule has 0 amide bonds. The summed E-state index contributed by atoms with van der Waals surface area (Å²) in [6.07, 6.45) is 2.55. The highest BCUT2D eigenvalue weighted by Gasteiger charge is 2.23. The molecule has 0 radical (unpaired) electrons. The average Bonchev–Trinajstić information content (AvgIpc) is 2.73. The van der Waals surface area contributed by atoms with Gasteiger partial charge in [0.15, 0.2) is 11.5 Å². The van der Waals surface area contributed by atoms with E-state index in [-0.39, 0.29) is 6.10 Å². The molecule has 0 spiro atoms. The number of nitrogens with one attached hydrogen (secondary N) is 1. The predicted octanol–water partition coefficient (Wildman–Crippen LogP) is 5.01. The van der Waals surface area contributed by atoms with Crippen LogP contribution in [0.15, 0.2) is 47.2 Å². The van der Waals surface area contributed by atoms with Crippen molar-refractivity contribution in [1.82, 2.24) is 14.9 Å². The maximum atomic E-state index is 6.26. The molecule has 4 rings (SSSR count). The zero-order valence-corrected chi connectivity index (χ0v) is 18.3. The van der Waals surface area contributed by atoms with Crippen molar-refractivity contribution in [2.24, 2.45) is 0 Å². The van der Waals surface area contributed by atoms with Crippen LogP contribution in [-0.2, 0) is 0 Å². The van der Waals surface area contributed by atoms with Gasteiger partial charge in [0.2, 0.25) is 0 Å². The topological polar surface area (TPSA) is 59.5 Å². The third-order valence-electron chi connectivity index (χ3n) is 5.17. The maximum Gasteiger partial charge on any atom is 0.163 e. The molecule has 1 aliphatic heterocycles. The van der Waals surface area contributed by atoms with Gasteiger partial charge in [-0.1, -0.05) is 35.8 Å². The van der Waals surface area contributed by atoms with Gasteiger partial charge in [0.05, 0.1) is 5.52 Å². The van der Waals surface area contributed by atoms with Gasteiger partial charge >= 0.3 is 0 Å². The second-order valence-corrected chi connectivity index (χ2v) is 7.96. The molecule has 0 saturated heterocycles. The Morgan fingerprint density at radius 3 is 2.79 bits per heavy atom. The molecule has 2 heterocycles. The third-order valence-corrected chi connectivity index (χ3v) is 5.66. The Bertz CT molecular complexity index is 994. The van der Waals surface area contributed by atoms with Crippen molar-refractivity contribution in [3.05, 3.63) is 47.2 Å². The Hall–Kier alpha value is -2.38. The number of aromatic nitrogens is 2. The van der Waals surface area contributed by atoms with Gasteiger partial charge in [0.25, 0.3) is 0 Å². The third kappa shape index (κ3) is 4.62. The van der Waals surface area contributed by atoms with Gasteiger partial charge in [-0.25, -0.2) is 9.97 Å². The Morgan fingerprint density at radius 2 is 2.00 bits per heavy atom. The van der Waals surface area contributed by atoms with E-state index in [9.17, 15) is 0 Å². The fourth-order valence-corrected chi connectivity index (χ4v) is 3.88. The second-order valence-electron chi connectivity index (χ2n) is 7.04. The number of benzene rings is 2. The van der Waals surface area contributed by atoms with Gasteiger partial charge < -0.3 is 19.7 Å². The quantitative estimate of drug-likeness (QED) is 0.539. The number of hydrogen-bond donors (Lipinski definition) is 1. The molecule has 3 aromatic rings. The molecular weight excluding hydrogens is 432 g/mol. The van der Waals surface area contributed by atoms with E-state index in [0.29, 0.717) is 6.61 Å². The minimum Gasteiger partial charge on any atom is -0.486 e. The highest BCUT2D eigenvalue weighted by Crippen LogP contribution is 2.38. The van der Waals surface area contributed by atoms with E-state index in [4.69, 9.17) is 9.47 Å². The van der Waals surface area contributed by atoms with E-state index in [1.54, 1.807) is 6.33 Å². The predicted molar refractivity (Wildman–Crippen MR) is 119 cm³/mol. The largest absolute Gasteiger partial charge is 0.486 e. The Kier molecular flexibility index (Phi) is 6.16. The van der Waals surface area contributed by atoms with Crippen molar-refractivity contribution >= 4 is 38.3 Å². The lowest BCUT2D eigenvalue weighted by Crippen LogP contribution is -2.34. The molecule has 1 aromatic heterocycles. The van der Waals surface area contributed by atoms with Crippen LogP contribution < -0.4 is 14.8 Å². The van der Waals surface area contributed by atoms with Gasteiger partial charge in [-0.05, 0) is 37.4 Å². The molecule has 1 unspecified atom stereocenters. The van der Waals surface area contributed by atoms with Crippen molar-refractivity contribution in [3.63, 3.8) is 0 Å². The Balaban J connectivity index is 1.57. The summed E-state index contributed by atoms with van der Waals surface area (Å²) in [4.78, 5) is 11.2. The van der Waals surface area contributed by atoms with Gasteiger partial charge in [0, 0.05) is 34.6 Å². The van der Waals surface area contributed by atoms with Crippen LogP contribution in [0.4, 0.5) is 11.5 Å². The Labute approximate surface area is 179 Å². The van der Waals surface area contributed by atoms with Crippen molar-refractivity contribution in [3.8, 4) is 11.5 Å². The molecule has 0 fully saturated rings. The summed E-state index contributed by atoms with van der Waals surface area (Å²) in [7, 11) is 0. The molecule has 1 aliphatic rings. The van der Waals surface area contributed by atoms with E-state index in [1.165, 1.54) is 0 Å². The maximum absolute atomic E-state index is 6.26. The summed E-state index contributed by atoms with van der Waals surface area (Å²) in [5, 5.41) is 4.28. The van der Waals surface area contributed by atoms with E-state index in [1.807, 2.05) is 36.4 Å². The van der Waals surface area contributed by atoms with Crippen LogP contribution in [-0.4, -0.2) is 47.2 Å². The second kappa shape index (κ2) is 8.97. The van der Waals surface area contributed by atoms with Crippen molar-refractivity contribution in [2.45, 2.75) is 26.4 Å². The molecule has 2 aromatic carbocycles. The minimum absolute atomic E-state index is 0.0478. The van der Waals surface area contributed by atoms with Gasteiger partial charge in [0.1, 0.15) is 24.9 Å². The van der Waals surface area contributed by atoms with E-state index >= 15 is 0 Å². The highest BCUT2D eigenvalue weighted by molar-refractivity contribution is 9.10. The summed E-state index contributed by atoms with van der Waals surface area (Å²) in [6, 6.07) is 11.9. The van der Waals surface area contributed by atoms with Crippen LogP contribution in [0.5, 0.6) is 11.5 Å². The standard InChI is InChI=1S/C22H25BrN4O2/c1-3-27(4-2)9-8-17-13-28-20-12-19-18(11-21(20)29-17)22(25-14-24-19)26-16-7-5-6-15(23)10-16/h5-7,10-12,14,17H,3-4,8-9,13H2,1-2H3,(H,24,25,26). The molecule has 29 heavy (non-hydrogen) atoms. The number of anilines is 2. The number of halogens is 1. The first-order valence-corrected chi connectivity index (χ1v) is 10.8. The van der Waals surface area contributed by atoms with Crippen LogP contribution in [0.25, 0.3) is 10.9 Å². The summed E-state index contributed by atoms with van der Waals surface area (Å²) in [5.74, 6) is 2.23. The van der Waals surface area contributed by atoms with Gasteiger partial charge in [-0.15, -0.1) is 0 Å². The lowest BCUT2D eigenvalue weighted by molar-refractivity contribution is 0.0764. The molecular formula is C22H25BrN4O2. The fraction of sp³-hybridized carbons (Fsp3) is 0.364. The number of ether oxygens (including phenoxy) is 2. The van der Waals surface area contributed by atoms with Crippen LogP contribution >= 0.6 is 15.9 Å². The van der Waals surface area contributed by atoms with Crippen LogP contribution in [0, 0.1) is 0 Å². The number of fused-ring (bicyclic) bond motifs is 2. The van der Waals surface area contributed by atoms with Crippen molar-refractivity contribution in [1.29, 1.82) is 0 Å². The van der Waals surface area contributed by atoms with E-state index in [2.05, 4.69) is 50.0 Å². The van der Waals surface area contributed by atoms with Crippen LogP contribution in [0.2, 0.25) is 0 Å². The van der Waals surface area contributed by atoms with Gasteiger partial charge in [-0.2, -0.15) is 0 Å². The average molecular weight is 457 g/mol. The molecule has 0 bridgehead atoms. The molecule has 152 valence electrons. The first-order valence-electron chi connectivity index (χ1n) is 9.99. The van der Waals surface area contributed by atoms with Gasteiger partial charge in [-0.3, -0.25) is 0 Å². The van der Waals surface area contributed by atoms with E-state index in [0.717, 1.165) is 64.4 Å². The minimum atomic E-state index is 0.0478. The molecule has 1 N–H and O–H groups in total. The molecule has 7 heteroatoms. The Morgan fingerprint density at radius 1 is 1.14 bits per heavy atom. The van der Waals surface area contributed by atoms with Crippen LogP contribution in [0.3, 0.4) is 0 Å². The summed E-state index contributed by atoms with van der Waals surface area (Å²) >= 11 is 3.50. The normalized spacial score (nSPS) is 15.7. The highest BCUT2D eigenvalue weighted by atomic mass is 79.9. The molecule has 6 nitrogen and oxygen atoms in total. The smallest absolute Gasteiger partial charge is 0.163 e. The monoisotopic (exact) mass is 456 g/mol. The summed E-state index contributed by atoms with van der Waals surface area (Å²) < 4.78 is 13.3. The lowest BCUT2D eigenvalue weighted by atomic mass is 10.1. The van der Waals surface area contributed by atoms with E-state index < -0.39 is 0 Å². The van der Waals surface area contributed by atoms with Crippen LogP contribution in [0.1, 0.15) is 20.3 Å². The first kappa shape index (κ1) is 19.9. The fourth-order valence-electron chi connectivity index (χ4n) is 3.48. The number of hydrogen-bond acceptors (Lipinski definition) is 6. The number of rotatable bonds is 7. The molecule has 0 aliphatic carbocycles. The zero-order chi connectivity index (χ0) is 20.2. The van der Waals surface area contributed by atoms with Crippen molar-refractivity contribution in [2.75, 3.05) is 31.6 Å². The SMILES string of the molecule is CCN(CC)CCC1COc2cc3ncnc(Nc4cccc(Br)c4)c3cc2O1. The molecule has 0 saturated carbocycles.